The summed E-state index contributed by atoms with van der Waals surface area (Å²) in [5, 5.41) is 0. The van der Waals surface area contributed by atoms with Crippen LogP contribution in [0.15, 0.2) is 27.6 Å². The van der Waals surface area contributed by atoms with Crippen molar-refractivity contribution in [3.8, 4) is 0 Å². The third-order valence-corrected chi connectivity index (χ3v) is 5.70. The molecule has 1 rings (SSSR count). The van der Waals surface area contributed by atoms with E-state index in [1.807, 2.05) is 20.1 Å². The molecular weight excluding hydrogens is 334 g/mol. The first-order valence-electron chi connectivity index (χ1n) is 5.64. The predicted molar refractivity (Wildman–Crippen MR) is 81.7 cm³/mol. The number of benzene rings is 1. The van der Waals surface area contributed by atoms with Crippen molar-refractivity contribution in [1.82, 2.24) is 4.72 Å². The highest BCUT2D eigenvalue weighted by molar-refractivity contribution is 9.10. The minimum Gasteiger partial charge on any atom is -0.208 e. The zero-order valence-corrected chi connectivity index (χ0v) is 14.0. The van der Waals surface area contributed by atoms with Crippen LogP contribution in [-0.4, -0.2) is 26.5 Å². The lowest BCUT2D eigenvalue weighted by Gasteiger charge is -2.14. The van der Waals surface area contributed by atoms with Crippen LogP contribution in [0.5, 0.6) is 0 Å². The van der Waals surface area contributed by atoms with Gasteiger partial charge in [0.15, 0.2) is 0 Å². The quantitative estimate of drug-likeness (QED) is 0.855. The molecule has 0 aliphatic rings. The van der Waals surface area contributed by atoms with E-state index in [0.29, 0.717) is 9.37 Å². The van der Waals surface area contributed by atoms with Gasteiger partial charge < -0.3 is 0 Å². The Kier molecular flexibility index (Phi) is 6.17. The second-order valence-electron chi connectivity index (χ2n) is 4.24. The Morgan fingerprint density at radius 1 is 1.44 bits per heavy atom. The van der Waals surface area contributed by atoms with E-state index in [1.165, 1.54) is 0 Å². The van der Waals surface area contributed by atoms with E-state index in [2.05, 4.69) is 20.7 Å². The summed E-state index contributed by atoms with van der Waals surface area (Å²) in [5.74, 6) is 0.943. The average molecular weight is 352 g/mol. The number of aryl methyl sites for hydroxylation is 1. The third-order valence-electron chi connectivity index (χ3n) is 2.49. The number of halogens is 1. The molecule has 0 bridgehead atoms. The van der Waals surface area contributed by atoms with Crippen molar-refractivity contribution in [2.75, 3.05) is 12.0 Å². The van der Waals surface area contributed by atoms with Crippen molar-refractivity contribution in [3.05, 3.63) is 28.2 Å². The van der Waals surface area contributed by atoms with Crippen LogP contribution in [-0.2, 0) is 10.0 Å². The second kappa shape index (κ2) is 6.93. The molecule has 18 heavy (non-hydrogen) atoms. The molecule has 0 aliphatic carbocycles. The number of nitrogens with one attached hydrogen (secondary N) is 1. The largest absolute Gasteiger partial charge is 0.241 e. The highest BCUT2D eigenvalue weighted by atomic mass is 79.9. The van der Waals surface area contributed by atoms with Gasteiger partial charge in [0.2, 0.25) is 10.0 Å². The van der Waals surface area contributed by atoms with E-state index in [1.54, 1.807) is 30.0 Å². The minimum absolute atomic E-state index is 0.0596. The van der Waals surface area contributed by atoms with Gasteiger partial charge in [-0.3, -0.25) is 0 Å². The highest BCUT2D eigenvalue weighted by Gasteiger charge is 2.19. The first-order chi connectivity index (χ1) is 8.36. The Hall–Kier alpha value is -0.0400. The van der Waals surface area contributed by atoms with Crippen molar-refractivity contribution in [1.29, 1.82) is 0 Å². The third kappa shape index (κ3) is 4.57. The normalized spacial score (nSPS) is 13.6. The molecule has 1 unspecified atom stereocenters. The van der Waals surface area contributed by atoms with Crippen molar-refractivity contribution < 1.29 is 8.42 Å². The van der Waals surface area contributed by atoms with Crippen molar-refractivity contribution in [3.63, 3.8) is 0 Å². The molecule has 0 aromatic heterocycles. The van der Waals surface area contributed by atoms with E-state index < -0.39 is 10.0 Å². The molecule has 0 aliphatic heterocycles. The van der Waals surface area contributed by atoms with Crippen molar-refractivity contribution >= 4 is 37.7 Å². The summed E-state index contributed by atoms with van der Waals surface area (Å²) < 4.78 is 27.7. The van der Waals surface area contributed by atoms with Gasteiger partial charge in [-0.1, -0.05) is 6.07 Å². The van der Waals surface area contributed by atoms with Gasteiger partial charge in [0, 0.05) is 10.5 Å². The van der Waals surface area contributed by atoms with Crippen LogP contribution in [0.1, 0.15) is 18.9 Å². The Morgan fingerprint density at radius 3 is 2.67 bits per heavy atom. The van der Waals surface area contributed by atoms with Crippen LogP contribution in [0.4, 0.5) is 0 Å². The topological polar surface area (TPSA) is 46.2 Å². The fourth-order valence-corrected chi connectivity index (χ4v) is 4.56. The molecule has 0 spiro atoms. The zero-order chi connectivity index (χ0) is 13.8. The van der Waals surface area contributed by atoms with Gasteiger partial charge in [0.1, 0.15) is 0 Å². The van der Waals surface area contributed by atoms with Gasteiger partial charge in [0.05, 0.1) is 4.90 Å². The van der Waals surface area contributed by atoms with Crippen LogP contribution < -0.4 is 4.72 Å². The first kappa shape index (κ1) is 16.0. The Labute approximate surface area is 122 Å². The maximum atomic E-state index is 12.2. The fourth-order valence-electron chi connectivity index (χ4n) is 1.51. The van der Waals surface area contributed by atoms with Gasteiger partial charge in [-0.2, -0.15) is 11.8 Å². The Balaban J connectivity index is 2.86. The SMILES string of the molecule is CSCCC(C)NS(=O)(=O)c1ccc(C)cc1Br. The monoisotopic (exact) mass is 351 g/mol. The van der Waals surface area contributed by atoms with Gasteiger partial charge in [-0.15, -0.1) is 0 Å². The summed E-state index contributed by atoms with van der Waals surface area (Å²) in [6.07, 6.45) is 2.83. The van der Waals surface area contributed by atoms with Gasteiger partial charge in [-0.25, -0.2) is 13.1 Å². The van der Waals surface area contributed by atoms with Crippen LogP contribution in [0.2, 0.25) is 0 Å². The molecule has 1 aromatic carbocycles. The minimum atomic E-state index is -3.44. The summed E-state index contributed by atoms with van der Waals surface area (Å²) in [5.41, 5.74) is 1.02. The zero-order valence-electron chi connectivity index (χ0n) is 10.7. The molecule has 1 aromatic rings. The standard InChI is InChI=1S/C12H18BrNO2S2/c1-9-4-5-12(11(13)8-9)18(15,16)14-10(2)6-7-17-3/h4-5,8,10,14H,6-7H2,1-3H3. The molecule has 0 radical (unpaired) electrons. The molecule has 102 valence electrons. The van der Waals surface area contributed by atoms with E-state index in [9.17, 15) is 8.42 Å². The number of hydrogen-bond acceptors (Lipinski definition) is 3. The molecule has 0 heterocycles. The molecule has 6 heteroatoms. The Morgan fingerprint density at radius 2 is 2.11 bits per heavy atom. The van der Waals surface area contributed by atoms with E-state index in [-0.39, 0.29) is 6.04 Å². The molecule has 1 N–H and O–H groups in total. The van der Waals surface area contributed by atoms with Gasteiger partial charge in [-0.05, 0) is 65.9 Å². The number of rotatable bonds is 6. The average Bonchev–Trinajstić information content (AvgIpc) is 2.25. The maximum absolute atomic E-state index is 12.2. The number of thioether (sulfide) groups is 1. The molecular formula is C12H18BrNO2S2. The molecule has 0 fully saturated rings. The Bertz CT molecular complexity index is 503. The lowest BCUT2D eigenvalue weighted by atomic mass is 10.2. The predicted octanol–water partition coefficient (Wildman–Crippen LogP) is 3.18. The van der Waals surface area contributed by atoms with Crippen LogP contribution in [0.3, 0.4) is 0 Å². The van der Waals surface area contributed by atoms with E-state index in [0.717, 1.165) is 17.7 Å². The number of hydrogen-bond donors (Lipinski definition) is 1. The summed E-state index contributed by atoms with van der Waals surface area (Å²) in [6, 6.07) is 5.17. The highest BCUT2D eigenvalue weighted by Crippen LogP contribution is 2.23. The molecule has 3 nitrogen and oxygen atoms in total. The second-order valence-corrected chi connectivity index (χ2v) is 7.76. The van der Waals surface area contributed by atoms with Crippen molar-refractivity contribution in [2.24, 2.45) is 0 Å². The van der Waals surface area contributed by atoms with Crippen LogP contribution >= 0.6 is 27.7 Å². The summed E-state index contributed by atoms with van der Waals surface area (Å²) in [7, 11) is -3.44. The van der Waals surface area contributed by atoms with Gasteiger partial charge >= 0.3 is 0 Å². The fraction of sp³-hybridized carbons (Fsp3) is 0.500. The van der Waals surface area contributed by atoms with E-state index in [4.69, 9.17) is 0 Å². The molecule has 0 saturated carbocycles. The maximum Gasteiger partial charge on any atom is 0.241 e. The summed E-state index contributed by atoms with van der Waals surface area (Å²) in [4.78, 5) is 0.295. The van der Waals surface area contributed by atoms with E-state index >= 15 is 0 Å². The smallest absolute Gasteiger partial charge is 0.208 e. The molecule has 0 amide bonds. The summed E-state index contributed by atoms with van der Waals surface area (Å²) in [6.45, 7) is 3.81. The lowest BCUT2D eigenvalue weighted by Crippen LogP contribution is -2.33. The van der Waals surface area contributed by atoms with Gasteiger partial charge in [0.25, 0.3) is 0 Å². The van der Waals surface area contributed by atoms with Crippen LogP contribution in [0.25, 0.3) is 0 Å². The molecule has 0 saturated heterocycles. The van der Waals surface area contributed by atoms with Crippen molar-refractivity contribution in [2.45, 2.75) is 31.2 Å². The number of sulfonamides is 1. The lowest BCUT2D eigenvalue weighted by molar-refractivity contribution is 0.556. The summed E-state index contributed by atoms with van der Waals surface area (Å²) >= 11 is 5.02. The molecule has 1 atom stereocenters. The first-order valence-corrected chi connectivity index (χ1v) is 9.31. The van der Waals surface area contributed by atoms with Crippen LogP contribution in [0, 0.1) is 6.92 Å².